The highest BCUT2D eigenvalue weighted by Crippen LogP contribution is 2.42. The molecule has 5 aromatic rings. The van der Waals surface area contributed by atoms with Crippen LogP contribution in [0.1, 0.15) is 39.7 Å². The predicted octanol–water partition coefficient (Wildman–Crippen LogP) is 6.50. The minimum Gasteiger partial charge on any atom is -0.507 e. The molecule has 0 aliphatic heterocycles. The lowest BCUT2D eigenvalue weighted by molar-refractivity contribution is 0.103. The van der Waals surface area contributed by atoms with Crippen LogP contribution in [0.25, 0.3) is 21.3 Å². The van der Waals surface area contributed by atoms with E-state index in [1.54, 1.807) is 36.4 Å². The standard InChI is InChI=1S/C29H23FN4O3S/c30-22-7-3-1-6-19(22)16-31-29(37)34-24(17-9-10-17)15-23(33-34)21-14-20(11-12-25(21)35)32-28(36)27-13-18-5-2-4-8-26(18)38-27/h1-8,11-15,17,35H,9-10,16H2,(H,31,37)(H,32,36). The number of nitrogens with zero attached hydrogens (tertiary/aromatic N) is 2. The lowest BCUT2D eigenvalue weighted by Crippen LogP contribution is -2.30. The number of amides is 2. The van der Waals surface area contributed by atoms with Crippen LogP contribution in [0.4, 0.5) is 14.9 Å². The number of hydrogen-bond acceptors (Lipinski definition) is 5. The van der Waals surface area contributed by atoms with Crippen LogP contribution in [-0.2, 0) is 6.54 Å². The summed E-state index contributed by atoms with van der Waals surface area (Å²) in [5, 5.41) is 21.7. The summed E-state index contributed by atoms with van der Waals surface area (Å²) in [4.78, 5) is 26.5. The highest BCUT2D eigenvalue weighted by atomic mass is 32.1. The number of phenols is 1. The first-order valence-corrected chi connectivity index (χ1v) is 13.0. The average molecular weight is 527 g/mol. The Morgan fingerprint density at radius 3 is 2.61 bits per heavy atom. The summed E-state index contributed by atoms with van der Waals surface area (Å²) >= 11 is 1.41. The molecule has 0 radical (unpaired) electrons. The minimum atomic E-state index is -0.477. The number of anilines is 1. The fraction of sp³-hybridized carbons (Fsp3) is 0.138. The van der Waals surface area contributed by atoms with E-state index in [0.717, 1.165) is 28.6 Å². The summed E-state index contributed by atoms with van der Waals surface area (Å²) in [6.45, 7) is 0.0231. The average Bonchev–Trinajstić information content (AvgIpc) is 3.51. The SMILES string of the molecule is O=C(Nc1ccc(O)c(-c2cc(C3CC3)n(C(=O)NCc3ccccc3F)n2)c1)c1cc2ccccc2s1. The molecule has 1 fully saturated rings. The van der Waals surface area contributed by atoms with Gasteiger partial charge in [-0.2, -0.15) is 9.78 Å². The predicted molar refractivity (Wildman–Crippen MR) is 145 cm³/mol. The Labute approximate surface area is 221 Å². The third-order valence-electron chi connectivity index (χ3n) is 6.49. The molecule has 0 spiro atoms. The second-order valence-electron chi connectivity index (χ2n) is 9.23. The summed E-state index contributed by atoms with van der Waals surface area (Å²) in [5.74, 6) is -0.479. The lowest BCUT2D eigenvalue weighted by Gasteiger charge is -2.09. The zero-order valence-corrected chi connectivity index (χ0v) is 21.0. The Kier molecular flexibility index (Phi) is 6.13. The number of phenolic OH excluding ortho intramolecular Hbond substituents is 1. The molecule has 1 saturated carbocycles. The van der Waals surface area contributed by atoms with Gasteiger partial charge in [-0.1, -0.05) is 36.4 Å². The van der Waals surface area contributed by atoms with E-state index in [1.807, 2.05) is 30.3 Å². The quantitative estimate of drug-likeness (QED) is 0.220. The lowest BCUT2D eigenvalue weighted by atomic mass is 10.1. The van der Waals surface area contributed by atoms with Gasteiger partial charge in [-0.25, -0.2) is 9.18 Å². The van der Waals surface area contributed by atoms with E-state index < -0.39 is 11.8 Å². The molecule has 0 atom stereocenters. The van der Waals surface area contributed by atoms with Gasteiger partial charge in [0.2, 0.25) is 0 Å². The summed E-state index contributed by atoms with van der Waals surface area (Å²) in [6, 6.07) is 22.0. The molecule has 2 heterocycles. The van der Waals surface area contributed by atoms with Crippen molar-refractivity contribution < 1.29 is 19.1 Å². The monoisotopic (exact) mass is 526 g/mol. The number of halogens is 1. The van der Waals surface area contributed by atoms with Crippen LogP contribution in [0.5, 0.6) is 5.75 Å². The van der Waals surface area contributed by atoms with Crippen molar-refractivity contribution in [3.05, 3.63) is 101 Å². The first-order valence-electron chi connectivity index (χ1n) is 12.2. The first kappa shape index (κ1) is 23.9. The molecule has 0 saturated heterocycles. The van der Waals surface area contributed by atoms with Crippen LogP contribution < -0.4 is 10.6 Å². The van der Waals surface area contributed by atoms with Crippen LogP contribution in [0.2, 0.25) is 0 Å². The molecule has 9 heteroatoms. The number of rotatable bonds is 6. The van der Waals surface area contributed by atoms with Gasteiger partial charge in [0.25, 0.3) is 5.91 Å². The Hall–Kier alpha value is -4.50. The highest BCUT2D eigenvalue weighted by molar-refractivity contribution is 7.20. The largest absolute Gasteiger partial charge is 0.507 e. The van der Waals surface area contributed by atoms with Gasteiger partial charge < -0.3 is 15.7 Å². The van der Waals surface area contributed by atoms with E-state index in [1.165, 1.54) is 28.2 Å². The van der Waals surface area contributed by atoms with Crippen molar-refractivity contribution in [1.29, 1.82) is 0 Å². The smallest absolute Gasteiger partial charge is 0.342 e. The Bertz CT molecular complexity index is 1660. The maximum absolute atomic E-state index is 14.0. The van der Waals surface area contributed by atoms with Gasteiger partial charge in [-0.05, 0) is 60.7 Å². The van der Waals surface area contributed by atoms with Crippen LogP contribution in [0, 0.1) is 5.82 Å². The first-order chi connectivity index (χ1) is 18.5. The zero-order valence-electron chi connectivity index (χ0n) is 20.1. The van der Waals surface area contributed by atoms with Gasteiger partial charge in [-0.15, -0.1) is 11.3 Å². The molecule has 0 unspecified atom stereocenters. The second-order valence-corrected chi connectivity index (χ2v) is 10.3. The van der Waals surface area contributed by atoms with Crippen molar-refractivity contribution in [2.45, 2.75) is 25.3 Å². The fourth-order valence-electron chi connectivity index (χ4n) is 4.35. The number of fused-ring (bicyclic) bond motifs is 1. The van der Waals surface area contributed by atoms with Crippen molar-refractivity contribution in [3.63, 3.8) is 0 Å². The molecular formula is C29H23FN4O3S. The fourth-order valence-corrected chi connectivity index (χ4v) is 5.31. The molecule has 3 aromatic carbocycles. The van der Waals surface area contributed by atoms with E-state index in [9.17, 15) is 19.1 Å². The summed E-state index contributed by atoms with van der Waals surface area (Å²) in [7, 11) is 0. The van der Waals surface area contributed by atoms with E-state index in [4.69, 9.17) is 0 Å². The topological polar surface area (TPSA) is 96.2 Å². The highest BCUT2D eigenvalue weighted by Gasteiger charge is 2.31. The molecule has 7 nitrogen and oxygen atoms in total. The number of benzene rings is 3. The van der Waals surface area contributed by atoms with E-state index in [0.29, 0.717) is 27.4 Å². The number of hydrogen-bond donors (Lipinski definition) is 3. The maximum Gasteiger partial charge on any atom is 0.342 e. The molecule has 6 rings (SSSR count). The third kappa shape index (κ3) is 4.76. The summed E-state index contributed by atoms with van der Waals surface area (Å²) in [6.07, 6.45) is 1.87. The van der Waals surface area contributed by atoms with Crippen LogP contribution in [0.3, 0.4) is 0 Å². The molecule has 1 aliphatic rings. The van der Waals surface area contributed by atoms with E-state index in [2.05, 4.69) is 15.7 Å². The second kappa shape index (κ2) is 9.75. The molecular weight excluding hydrogens is 503 g/mol. The molecule has 190 valence electrons. The van der Waals surface area contributed by atoms with E-state index >= 15 is 0 Å². The van der Waals surface area contributed by atoms with Crippen molar-refractivity contribution in [2.24, 2.45) is 0 Å². The molecule has 38 heavy (non-hydrogen) atoms. The van der Waals surface area contributed by atoms with Crippen molar-refractivity contribution >= 4 is 39.0 Å². The van der Waals surface area contributed by atoms with Crippen LogP contribution >= 0.6 is 11.3 Å². The number of carbonyl (C=O) groups is 2. The molecule has 0 bridgehead atoms. The zero-order chi connectivity index (χ0) is 26.2. The van der Waals surface area contributed by atoms with Crippen LogP contribution in [0.15, 0.2) is 78.9 Å². The number of nitrogens with one attached hydrogen (secondary N) is 2. The van der Waals surface area contributed by atoms with Gasteiger partial charge in [-0.3, -0.25) is 4.79 Å². The Morgan fingerprint density at radius 2 is 1.82 bits per heavy atom. The Morgan fingerprint density at radius 1 is 1.03 bits per heavy atom. The number of thiophene rings is 1. The minimum absolute atomic E-state index is 0.0231. The molecule has 2 aromatic heterocycles. The van der Waals surface area contributed by atoms with Crippen molar-refractivity contribution in [3.8, 4) is 17.0 Å². The normalized spacial score (nSPS) is 13.0. The number of aromatic hydroxyl groups is 1. The van der Waals surface area contributed by atoms with Gasteiger partial charge in [0.1, 0.15) is 11.6 Å². The molecule has 1 aliphatic carbocycles. The van der Waals surface area contributed by atoms with Gasteiger partial charge in [0.15, 0.2) is 0 Å². The van der Waals surface area contributed by atoms with Gasteiger partial charge in [0, 0.05) is 34.0 Å². The van der Waals surface area contributed by atoms with Crippen LogP contribution in [-0.4, -0.2) is 26.8 Å². The van der Waals surface area contributed by atoms with Crippen molar-refractivity contribution in [2.75, 3.05) is 5.32 Å². The van der Waals surface area contributed by atoms with Crippen molar-refractivity contribution in [1.82, 2.24) is 15.1 Å². The van der Waals surface area contributed by atoms with Gasteiger partial charge >= 0.3 is 6.03 Å². The molecule has 3 N–H and O–H groups in total. The Balaban J connectivity index is 1.25. The van der Waals surface area contributed by atoms with Gasteiger partial charge in [0.05, 0.1) is 16.3 Å². The number of aromatic nitrogens is 2. The molecule has 2 amide bonds. The third-order valence-corrected chi connectivity index (χ3v) is 7.61. The summed E-state index contributed by atoms with van der Waals surface area (Å²) < 4.78 is 16.3. The number of carbonyl (C=O) groups excluding carboxylic acids is 2. The maximum atomic E-state index is 14.0. The van der Waals surface area contributed by atoms with E-state index in [-0.39, 0.29) is 24.1 Å². The summed E-state index contributed by atoms with van der Waals surface area (Å²) in [5.41, 5.74) is 2.39.